The zero-order valence-corrected chi connectivity index (χ0v) is 14.5. The number of nitrogens with one attached hydrogen (secondary N) is 1. The number of aryl methyl sites for hydroxylation is 1. The summed E-state index contributed by atoms with van der Waals surface area (Å²) >= 11 is 0. The predicted octanol–water partition coefficient (Wildman–Crippen LogP) is 3.95. The lowest BCUT2D eigenvalue weighted by atomic mass is 9.87. The Bertz CT molecular complexity index is 415. The summed E-state index contributed by atoms with van der Waals surface area (Å²) in [5.41, 5.74) is 1.58. The highest BCUT2D eigenvalue weighted by atomic mass is 16.3. The van der Waals surface area contributed by atoms with Crippen LogP contribution in [0, 0.1) is 12.3 Å². The van der Waals surface area contributed by atoms with Gasteiger partial charge in [0.2, 0.25) is 0 Å². The lowest BCUT2D eigenvalue weighted by molar-refractivity contribution is 0.134. The molecular weight excluding hydrogens is 248 g/mol. The molecule has 0 spiro atoms. The van der Waals surface area contributed by atoms with Crippen molar-refractivity contribution in [1.82, 2.24) is 10.2 Å². The first-order valence-corrected chi connectivity index (χ1v) is 7.63. The maximum Gasteiger partial charge on any atom is 0.118 e. The summed E-state index contributed by atoms with van der Waals surface area (Å²) in [5.74, 6) is 2.07. The van der Waals surface area contributed by atoms with Crippen molar-refractivity contribution in [2.75, 3.05) is 7.05 Å². The smallest absolute Gasteiger partial charge is 0.118 e. The normalized spacial score (nSPS) is 14.3. The van der Waals surface area contributed by atoms with Gasteiger partial charge in [0, 0.05) is 24.2 Å². The second-order valence-electron chi connectivity index (χ2n) is 7.29. The Morgan fingerprint density at radius 2 is 1.85 bits per heavy atom. The maximum absolute atomic E-state index is 5.84. The van der Waals surface area contributed by atoms with Gasteiger partial charge in [-0.25, -0.2) is 0 Å². The fourth-order valence-electron chi connectivity index (χ4n) is 2.20. The third-order valence-corrected chi connectivity index (χ3v) is 4.09. The summed E-state index contributed by atoms with van der Waals surface area (Å²) in [7, 11) is 2.19. The second kappa shape index (κ2) is 6.77. The Balaban J connectivity index is 2.68. The molecule has 1 aromatic rings. The Labute approximate surface area is 124 Å². The molecule has 1 heterocycles. The molecule has 0 aliphatic heterocycles. The van der Waals surface area contributed by atoms with Gasteiger partial charge in [-0.05, 0) is 32.4 Å². The maximum atomic E-state index is 5.84. The average Bonchev–Trinajstić information content (AvgIpc) is 2.65. The first kappa shape index (κ1) is 17.3. The highest BCUT2D eigenvalue weighted by Crippen LogP contribution is 2.25. The minimum atomic E-state index is 0.286. The molecule has 1 unspecified atom stereocenters. The standard InChI is InChI=1S/C17H32N2O/c1-12(2)18-10-16-9-15(13(3)20-16)11-19(8)14(4)17(5,6)7/h9,12,14,18H,10-11H2,1-8H3. The number of hydrogen-bond donors (Lipinski definition) is 1. The van der Waals surface area contributed by atoms with Crippen LogP contribution in [0.25, 0.3) is 0 Å². The lowest BCUT2D eigenvalue weighted by Gasteiger charge is -2.35. The minimum Gasteiger partial charge on any atom is -0.465 e. The molecule has 0 radical (unpaired) electrons. The van der Waals surface area contributed by atoms with E-state index < -0.39 is 0 Å². The van der Waals surface area contributed by atoms with Crippen molar-refractivity contribution >= 4 is 0 Å². The van der Waals surface area contributed by atoms with Gasteiger partial charge in [0.05, 0.1) is 6.54 Å². The summed E-state index contributed by atoms with van der Waals surface area (Å²) < 4.78 is 5.84. The number of hydrogen-bond acceptors (Lipinski definition) is 3. The fourth-order valence-corrected chi connectivity index (χ4v) is 2.20. The van der Waals surface area contributed by atoms with E-state index in [1.54, 1.807) is 0 Å². The van der Waals surface area contributed by atoms with Crippen LogP contribution >= 0.6 is 0 Å². The highest BCUT2D eigenvalue weighted by molar-refractivity contribution is 5.21. The monoisotopic (exact) mass is 280 g/mol. The molecule has 1 atom stereocenters. The topological polar surface area (TPSA) is 28.4 Å². The minimum absolute atomic E-state index is 0.286. The van der Waals surface area contributed by atoms with Crippen LogP contribution in [0.15, 0.2) is 10.5 Å². The van der Waals surface area contributed by atoms with E-state index >= 15 is 0 Å². The molecule has 0 fully saturated rings. The zero-order chi connectivity index (χ0) is 15.5. The van der Waals surface area contributed by atoms with Crippen molar-refractivity contribution < 1.29 is 4.42 Å². The molecule has 1 rings (SSSR count). The molecule has 0 saturated heterocycles. The van der Waals surface area contributed by atoms with Crippen LogP contribution in [0.3, 0.4) is 0 Å². The van der Waals surface area contributed by atoms with E-state index in [1.165, 1.54) is 5.56 Å². The molecule has 3 nitrogen and oxygen atoms in total. The first-order chi connectivity index (χ1) is 9.11. The summed E-state index contributed by atoms with van der Waals surface area (Å²) in [4.78, 5) is 2.40. The van der Waals surface area contributed by atoms with E-state index in [9.17, 15) is 0 Å². The molecule has 0 aliphatic rings. The Kier molecular flexibility index (Phi) is 5.84. The Hall–Kier alpha value is -0.800. The van der Waals surface area contributed by atoms with Crippen molar-refractivity contribution in [3.8, 4) is 0 Å². The molecule has 0 aliphatic carbocycles. The van der Waals surface area contributed by atoms with Gasteiger partial charge in [0.25, 0.3) is 0 Å². The Morgan fingerprint density at radius 3 is 2.35 bits per heavy atom. The van der Waals surface area contributed by atoms with Gasteiger partial charge in [-0.3, -0.25) is 4.90 Å². The van der Waals surface area contributed by atoms with E-state index in [2.05, 4.69) is 71.8 Å². The van der Waals surface area contributed by atoms with Crippen molar-refractivity contribution in [3.63, 3.8) is 0 Å². The van der Waals surface area contributed by atoms with Gasteiger partial charge in [0.15, 0.2) is 0 Å². The van der Waals surface area contributed by atoms with Crippen molar-refractivity contribution in [3.05, 3.63) is 23.2 Å². The molecule has 116 valence electrons. The molecule has 1 N–H and O–H groups in total. The van der Waals surface area contributed by atoms with Crippen molar-refractivity contribution in [2.24, 2.45) is 5.41 Å². The van der Waals surface area contributed by atoms with Crippen molar-refractivity contribution in [1.29, 1.82) is 0 Å². The van der Waals surface area contributed by atoms with Gasteiger partial charge >= 0.3 is 0 Å². The first-order valence-electron chi connectivity index (χ1n) is 7.63. The van der Waals surface area contributed by atoms with Crippen LogP contribution in [0.4, 0.5) is 0 Å². The SMILES string of the molecule is Cc1oc(CNC(C)C)cc1CN(C)C(C)C(C)(C)C. The molecule has 20 heavy (non-hydrogen) atoms. The van der Waals surface area contributed by atoms with Crippen LogP contribution in [-0.4, -0.2) is 24.0 Å². The molecular formula is C17H32N2O. The van der Waals surface area contributed by atoms with Crippen LogP contribution in [0.2, 0.25) is 0 Å². The zero-order valence-electron chi connectivity index (χ0n) is 14.5. The molecule has 0 bridgehead atoms. The fraction of sp³-hybridized carbons (Fsp3) is 0.765. The highest BCUT2D eigenvalue weighted by Gasteiger charge is 2.24. The van der Waals surface area contributed by atoms with Gasteiger partial charge in [-0.1, -0.05) is 34.6 Å². The summed E-state index contributed by atoms with van der Waals surface area (Å²) in [5, 5.41) is 3.40. The van der Waals surface area contributed by atoms with Gasteiger partial charge in [-0.15, -0.1) is 0 Å². The lowest BCUT2D eigenvalue weighted by Crippen LogP contribution is -2.38. The van der Waals surface area contributed by atoms with E-state index in [-0.39, 0.29) is 5.41 Å². The molecule has 1 aromatic heterocycles. The molecule has 3 heteroatoms. The van der Waals surface area contributed by atoms with E-state index in [1.807, 2.05) is 0 Å². The summed E-state index contributed by atoms with van der Waals surface area (Å²) in [6.07, 6.45) is 0. The van der Waals surface area contributed by atoms with Crippen LogP contribution in [0.1, 0.15) is 58.6 Å². The van der Waals surface area contributed by atoms with Crippen molar-refractivity contribution in [2.45, 2.75) is 73.6 Å². The second-order valence-corrected chi connectivity index (χ2v) is 7.29. The van der Waals surface area contributed by atoms with Crippen LogP contribution < -0.4 is 5.32 Å². The third kappa shape index (κ3) is 4.95. The quantitative estimate of drug-likeness (QED) is 0.855. The average molecular weight is 280 g/mol. The Morgan fingerprint density at radius 1 is 1.25 bits per heavy atom. The summed E-state index contributed by atoms with van der Waals surface area (Å²) in [6, 6.07) is 3.19. The van der Waals surface area contributed by atoms with Gasteiger partial charge in [0.1, 0.15) is 11.5 Å². The number of rotatable bonds is 6. The molecule has 0 aromatic carbocycles. The number of furan rings is 1. The number of nitrogens with zero attached hydrogens (tertiary/aromatic N) is 1. The van der Waals surface area contributed by atoms with Gasteiger partial charge < -0.3 is 9.73 Å². The van der Waals surface area contributed by atoms with Gasteiger partial charge in [-0.2, -0.15) is 0 Å². The van der Waals surface area contributed by atoms with E-state index in [0.717, 1.165) is 24.6 Å². The molecule has 0 amide bonds. The van der Waals surface area contributed by atoms with Crippen LogP contribution in [0.5, 0.6) is 0 Å². The van der Waals surface area contributed by atoms with E-state index in [0.29, 0.717) is 12.1 Å². The predicted molar refractivity (Wildman–Crippen MR) is 85.8 cm³/mol. The van der Waals surface area contributed by atoms with Crippen LogP contribution in [-0.2, 0) is 13.1 Å². The summed E-state index contributed by atoms with van der Waals surface area (Å²) in [6.45, 7) is 17.2. The molecule has 0 saturated carbocycles. The van der Waals surface area contributed by atoms with E-state index in [4.69, 9.17) is 4.42 Å². The third-order valence-electron chi connectivity index (χ3n) is 4.09. The largest absolute Gasteiger partial charge is 0.465 e.